The van der Waals surface area contributed by atoms with E-state index < -0.39 is 10.0 Å². The van der Waals surface area contributed by atoms with Gasteiger partial charge in [-0.25, -0.2) is 13.1 Å². The van der Waals surface area contributed by atoms with Crippen molar-refractivity contribution >= 4 is 21.6 Å². The van der Waals surface area contributed by atoms with Gasteiger partial charge in [-0.15, -0.1) is 0 Å². The van der Waals surface area contributed by atoms with Crippen LogP contribution in [0.3, 0.4) is 0 Å². The molecule has 7 heteroatoms. The quantitative estimate of drug-likeness (QED) is 0.772. The number of rotatable bonds is 7. The van der Waals surface area contributed by atoms with E-state index in [0.29, 0.717) is 29.0 Å². The van der Waals surface area contributed by atoms with Gasteiger partial charge in [0.05, 0.1) is 9.92 Å². The van der Waals surface area contributed by atoms with E-state index in [2.05, 4.69) is 10.0 Å². The van der Waals surface area contributed by atoms with Gasteiger partial charge in [0, 0.05) is 6.54 Å². The van der Waals surface area contributed by atoms with Crippen molar-refractivity contribution in [3.05, 3.63) is 53.6 Å². The third-order valence-electron chi connectivity index (χ3n) is 4.21. The molecule has 1 atom stereocenters. The van der Waals surface area contributed by atoms with Gasteiger partial charge in [-0.05, 0) is 68.2 Å². The van der Waals surface area contributed by atoms with Gasteiger partial charge in [0.25, 0.3) is 0 Å². The lowest BCUT2D eigenvalue weighted by molar-refractivity contribution is 0.482. The van der Waals surface area contributed by atoms with Crippen LogP contribution in [0.4, 0.5) is 0 Å². The van der Waals surface area contributed by atoms with Crippen LogP contribution in [0.5, 0.6) is 11.5 Å². The van der Waals surface area contributed by atoms with E-state index in [0.717, 1.165) is 25.9 Å². The molecular formula is C18H21ClN2O3S. The fraction of sp³-hybridized carbons (Fsp3) is 0.333. The van der Waals surface area contributed by atoms with Crippen molar-refractivity contribution in [3.63, 3.8) is 0 Å². The van der Waals surface area contributed by atoms with E-state index in [1.807, 2.05) is 12.1 Å². The zero-order valence-electron chi connectivity index (χ0n) is 13.7. The van der Waals surface area contributed by atoms with Gasteiger partial charge in [0.1, 0.15) is 11.5 Å². The predicted octanol–water partition coefficient (Wildman–Crippen LogP) is 3.41. The third kappa shape index (κ3) is 4.95. The van der Waals surface area contributed by atoms with E-state index in [9.17, 15) is 8.42 Å². The second-order valence-electron chi connectivity index (χ2n) is 6.05. The van der Waals surface area contributed by atoms with Crippen LogP contribution in [0.15, 0.2) is 53.4 Å². The van der Waals surface area contributed by atoms with Gasteiger partial charge in [0.15, 0.2) is 0 Å². The topological polar surface area (TPSA) is 67.4 Å². The van der Waals surface area contributed by atoms with Gasteiger partial charge >= 0.3 is 0 Å². The van der Waals surface area contributed by atoms with E-state index in [1.54, 1.807) is 24.3 Å². The van der Waals surface area contributed by atoms with Gasteiger partial charge in [-0.1, -0.05) is 23.7 Å². The fourth-order valence-corrected chi connectivity index (χ4v) is 4.00. The molecule has 2 N–H and O–H groups in total. The monoisotopic (exact) mass is 380 g/mol. The van der Waals surface area contributed by atoms with E-state index in [1.165, 1.54) is 12.1 Å². The summed E-state index contributed by atoms with van der Waals surface area (Å²) >= 11 is 6.05. The minimum absolute atomic E-state index is 0.226. The standard InChI is InChI=1S/C18H21ClN2O3S/c19-17-3-1-2-4-18(17)24-15-5-7-16(8-6-15)25(22,23)21-12-10-14-9-11-20-13-14/h1-8,14,20-21H,9-13H2. The van der Waals surface area contributed by atoms with Crippen molar-refractivity contribution < 1.29 is 13.2 Å². The second-order valence-corrected chi connectivity index (χ2v) is 8.22. The third-order valence-corrected chi connectivity index (χ3v) is 5.99. The van der Waals surface area contributed by atoms with E-state index in [4.69, 9.17) is 16.3 Å². The second kappa shape index (κ2) is 8.19. The Labute approximate surface area is 153 Å². The van der Waals surface area contributed by atoms with Crippen molar-refractivity contribution in [3.8, 4) is 11.5 Å². The average Bonchev–Trinajstić information content (AvgIpc) is 3.11. The lowest BCUT2D eigenvalue weighted by Gasteiger charge is -2.11. The van der Waals surface area contributed by atoms with Gasteiger partial charge in [0.2, 0.25) is 10.0 Å². The molecule has 0 aromatic heterocycles. The Morgan fingerprint density at radius 1 is 1.16 bits per heavy atom. The Morgan fingerprint density at radius 3 is 2.60 bits per heavy atom. The zero-order valence-corrected chi connectivity index (χ0v) is 15.3. The Morgan fingerprint density at radius 2 is 1.92 bits per heavy atom. The van der Waals surface area contributed by atoms with Crippen LogP contribution in [-0.2, 0) is 10.0 Å². The summed E-state index contributed by atoms with van der Waals surface area (Å²) in [5, 5.41) is 3.78. The number of ether oxygens (including phenoxy) is 1. The Balaban J connectivity index is 1.59. The van der Waals surface area contributed by atoms with Gasteiger partial charge in [-0.3, -0.25) is 0 Å². The molecule has 25 heavy (non-hydrogen) atoms. The number of benzene rings is 2. The molecule has 5 nitrogen and oxygen atoms in total. The van der Waals surface area contributed by atoms with Crippen LogP contribution in [0, 0.1) is 5.92 Å². The van der Waals surface area contributed by atoms with Crippen molar-refractivity contribution in [2.75, 3.05) is 19.6 Å². The highest BCUT2D eigenvalue weighted by Gasteiger charge is 2.17. The number of para-hydroxylation sites is 1. The minimum Gasteiger partial charge on any atom is -0.456 e. The first-order chi connectivity index (χ1) is 12.0. The van der Waals surface area contributed by atoms with Crippen LogP contribution in [0.25, 0.3) is 0 Å². The largest absolute Gasteiger partial charge is 0.456 e. The van der Waals surface area contributed by atoms with Crippen molar-refractivity contribution in [2.45, 2.75) is 17.7 Å². The van der Waals surface area contributed by atoms with Crippen LogP contribution < -0.4 is 14.8 Å². The molecule has 0 aliphatic carbocycles. The average molecular weight is 381 g/mol. The summed E-state index contributed by atoms with van der Waals surface area (Å²) in [6.45, 7) is 2.44. The number of hydrogen-bond acceptors (Lipinski definition) is 4. The van der Waals surface area contributed by atoms with E-state index >= 15 is 0 Å². The van der Waals surface area contributed by atoms with Gasteiger partial charge in [-0.2, -0.15) is 0 Å². The number of hydrogen-bond donors (Lipinski definition) is 2. The summed E-state index contributed by atoms with van der Waals surface area (Å²) in [6.07, 6.45) is 1.95. The molecule has 0 amide bonds. The summed E-state index contributed by atoms with van der Waals surface area (Å²) in [6, 6.07) is 13.4. The summed E-state index contributed by atoms with van der Waals surface area (Å²) < 4.78 is 33.0. The van der Waals surface area contributed by atoms with Crippen LogP contribution >= 0.6 is 11.6 Å². The SMILES string of the molecule is O=S(=O)(NCCC1CCNC1)c1ccc(Oc2ccccc2Cl)cc1. The van der Waals surface area contributed by atoms with Crippen molar-refractivity contribution in [1.29, 1.82) is 0 Å². The zero-order chi connectivity index (χ0) is 17.7. The maximum Gasteiger partial charge on any atom is 0.240 e. The molecule has 1 heterocycles. The molecule has 0 radical (unpaired) electrons. The first-order valence-electron chi connectivity index (χ1n) is 8.27. The molecule has 134 valence electrons. The highest BCUT2D eigenvalue weighted by Crippen LogP contribution is 2.29. The molecule has 0 spiro atoms. The molecular weight excluding hydrogens is 360 g/mol. The maximum absolute atomic E-state index is 12.3. The lowest BCUT2D eigenvalue weighted by atomic mass is 10.1. The molecule has 1 aliphatic heterocycles. The minimum atomic E-state index is -3.50. The number of sulfonamides is 1. The number of nitrogens with one attached hydrogen (secondary N) is 2. The molecule has 1 aliphatic rings. The first-order valence-corrected chi connectivity index (χ1v) is 10.1. The summed E-state index contributed by atoms with van der Waals surface area (Å²) in [4.78, 5) is 0.226. The van der Waals surface area contributed by atoms with Crippen LogP contribution in [0.1, 0.15) is 12.8 Å². The summed E-state index contributed by atoms with van der Waals surface area (Å²) in [5.41, 5.74) is 0. The Hall–Kier alpha value is -1.60. The van der Waals surface area contributed by atoms with Crippen LogP contribution in [-0.4, -0.2) is 28.1 Å². The van der Waals surface area contributed by atoms with Crippen molar-refractivity contribution in [1.82, 2.24) is 10.0 Å². The molecule has 0 bridgehead atoms. The highest BCUT2D eigenvalue weighted by molar-refractivity contribution is 7.89. The molecule has 1 unspecified atom stereocenters. The molecule has 2 aromatic rings. The van der Waals surface area contributed by atoms with Crippen LogP contribution in [0.2, 0.25) is 5.02 Å². The van der Waals surface area contributed by atoms with E-state index in [-0.39, 0.29) is 4.90 Å². The normalized spacial score (nSPS) is 17.6. The first kappa shape index (κ1) is 18.2. The highest BCUT2D eigenvalue weighted by atomic mass is 35.5. The molecule has 3 rings (SSSR count). The summed E-state index contributed by atoms with van der Waals surface area (Å²) in [5.74, 6) is 1.61. The lowest BCUT2D eigenvalue weighted by Crippen LogP contribution is -2.26. The molecule has 0 saturated carbocycles. The smallest absolute Gasteiger partial charge is 0.240 e. The van der Waals surface area contributed by atoms with Crippen molar-refractivity contribution in [2.24, 2.45) is 5.92 Å². The predicted molar refractivity (Wildman–Crippen MR) is 98.8 cm³/mol. The Kier molecular flexibility index (Phi) is 5.96. The molecule has 2 aromatic carbocycles. The Bertz CT molecular complexity index is 803. The summed E-state index contributed by atoms with van der Waals surface area (Å²) in [7, 11) is -3.50. The maximum atomic E-state index is 12.3. The van der Waals surface area contributed by atoms with Gasteiger partial charge < -0.3 is 10.1 Å². The molecule has 1 saturated heterocycles. The fourth-order valence-electron chi connectivity index (χ4n) is 2.78. The number of halogens is 1. The molecule has 1 fully saturated rings.